The Hall–Kier alpha value is -4.13. The fourth-order valence-corrected chi connectivity index (χ4v) is 5.05. The van der Waals surface area contributed by atoms with Crippen LogP contribution in [0, 0.1) is 5.82 Å². The van der Waals surface area contributed by atoms with Crippen LogP contribution in [0.15, 0.2) is 72.8 Å². The predicted octanol–water partition coefficient (Wildman–Crippen LogP) is 7.28. The first-order valence-corrected chi connectivity index (χ1v) is 13.4. The third-order valence-corrected chi connectivity index (χ3v) is 6.97. The second-order valence-electron chi connectivity index (χ2n) is 9.74. The number of rotatable bonds is 13. The number of hydrogen-bond donors (Lipinski definition) is 1. The van der Waals surface area contributed by atoms with E-state index < -0.39 is 5.97 Å². The molecular weight excluding hydrogens is 495 g/mol. The van der Waals surface area contributed by atoms with Crippen molar-refractivity contribution in [1.29, 1.82) is 0 Å². The van der Waals surface area contributed by atoms with E-state index in [1.165, 1.54) is 12.1 Å². The maximum atomic E-state index is 14.0. The lowest BCUT2D eigenvalue weighted by Crippen LogP contribution is -2.30. The highest BCUT2D eigenvalue weighted by molar-refractivity contribution is 6.09. The number of ether oxygens (including phenoxy) is 1. The molecular formula is C32H35FN2O4. The zero-order valence-corrected chi connectivity index (χ0v) is 22.5. The van der Waals surface area contributed by atoms with Gasteiger partial charge in [-0.15, -0.1) is 0 Å². The van der Waals surface area contributed by atoms with Crippen LogP contribution in [-0.4, -0.2) is 35.2 Å². The topological polar surface area (TPSA) is 71.8 Å². The van der Waals surface area contributed by atoms with Gasteiger partial charge in [-0.25, -0.2) is 4.39 Å². The van der Waals surface area contributed by atoms with Crippen molar-refractivity contribution in [1.82, 2.24) is 4.57 Å². The van der Waals surface area contributed by atoms with E-state index in [1.54, 1.807) is 26.2 Å². The first-order chi connectivity index (χ1) is 18.9. The van der Waals surface area contributed by atoms with Gasteiger partial charge in [0.1, 0.15) is 11.6 Å². The summed E-state index contributed by atoms with van der Waals surface area (Å²) in [6.07, 6.45) is 4.27. The fourth-order valence-electron chi connectivity index (χ4n) is 5.05. The second-order valence-corrected chi connectivity index (χ2v) is 9.74. The molecule has 3 aromatic carbocycles. The van der Waals surface area contributed by atoms with E-state index in [9.17, 15) is 14.0 Å². The average Bonchev–Trinajstić information content (AvgIpc) is 3.23. The van der Waals surface area contributed by atoms with Crippen molar-refractivity contribution < 1.29 is 23.8 Å². The summed E-state index contributed by atoms with van der Waals surface area (Å²) in [4.78, 5) is 25.7. The van der Waals surface area contributed by atoms with Gasteiger partial charge in [-0.05, 0) is 60.9 Å². The highest BCUT2D eigenvalue weighted by Gasteiger charge is 2.26. The molecule has 4 aromatic rings. The zero-order chi connectivity index (χ0) is 27.8. The molecule has 4 rings (SSSR count). The first kappa shape index (κ1) is 27.9. The molecule has 204 valence electrons. The van der Waals surface area contributed by atoms with Crippen molar-refractivity contribution in [3.63, 3.8) is 0 Å². The Labute approximate surface area is 228 Å². The van der Waals surface area contributed by atoms with Gasteiger partial charge < -0.3 is 19.3 Å². The molecule has 0 saturated heterocycles. The Morgan fingerprint density at radius 3 is 2.28 bits per heavy atom. The third-order valence-electron chi connectivity index (χ3n) is 6.97. The minimum atomic E-state index is -0.770. The van der Waals surface area contributed by atoms with E-state index in [4.69, 9.17) is 9.84 Å². The number of unbranched alkanes of at least 4 members (excludes halogenated alkanes) is 4. The van der Waals surface area contributed by atoms with E-state index in [0.717, 1.165) is 59.1 Å². The van der Waals surface area contributed by atoms with Crippen molar-refractivity contribution >= 4 is 28.5 Å². The van der Waals surface area contributed by atoms with E-state index >= 15 is 0 Å². The van der Waals surface area contributed by atoms with Gasteiger partial charge in [0, 0.05) is 37.4 Å². The number of carbonyl (C=O) groups excluding carboxylic acids is 1. The number of methoxy groups -OCH3 is 1. The van der Waals surface area contributed by atoms with Crippen LogP contribution in [0.2, 0.25) is 0 Å². The smallest absolute Gasteiger partial charge is 0.303 e. The summed E-state index contributed by atoms with van der Waals surface area (Å²) in [5.74, 6) is -0.480. The van der Waals surface area contributed by atoms with Gasteiger partial charge in [-0.2, -0.15) is 0 Å². The lowest BCUT2D eigenvalue weighted by Gasteiger charge is -2.23. The van der Waals surface area contributed by atoms with Crippen LogP contribution in [0.4, 0.5) is 10.1 Å². The minimum absolute atomic E-state index is 0.0779. The number of nitrogens with zero attached hydrogens (tertiary/aromatic N) is 2. The highest BCUT2D eigenvalue weighted by atomic mass is 19.1. The molecule has 0 bridgehead atoms. The molecule has 0 unspecified atom stereocenters. The van der Waals surface area contributed by atoms with Gasteiger partial charge in [0.05, 0.1) is 24.0 Å². The maximum Gasteiger partial charge on any atom is 0.303 e. The Morgan fingerprint density at radius 2 is 1.62 bits per heavy atom. The van der Waals surface area contributed by atoms with Gasteiger partial charge in [-0.1, -0.05) is 49.6 Å². The normalized spacial score (nSPS) is 11.1. The quantitative estimate of drug-likeness (QED) is 0.184. The molecule has 0 radical (unpaired) electrons. The van der Waals surface area contributed by atoms with Crippen LogP contribution in [-0.2, 0) is 16.1 Å². The van der Waals surface area contributed by atoms with Crippen LogP contribution in [0.3, 0.4) is 0 Å². The number of aromatic nitrogens is 1. The van der Waals surface area contributed by atoms with Gasteiger partial charge in [-0.3, -0.25) is 9.59 Å². The van der Waals surface area contributed by atoms with E-state index in [2.05, 4.69) is 16.7 Å². The molecule has 0 spiro atoms. The largest absolute Gasteiger partial charge is 0.497 e. The summed E-state index contributed by atoms with van der Waals surface area (Å²) in [7, 11) is 1.62. The van der Waals surface area contributed by atoms with Crippen LogP contribution in [0.25, 0.3) is 22.2 Å². The van der Waals surface area contributed by atoms with Crippen LogP contribution in [0.1, 0.15) is 51.0 Å². The summed E-state index contributed by atoms with van der Waals surface area (Å²) >= 11 is 0. The molecule has 7 heteroatoms. The molecule has 39 heavy (non-hydrogen) atoms. The average molecular weight is 531 g/mol. The van der Waals surface area contributed by atoms with Crippen molar-refractivity contribution in [3.8, 4) is 17.0 Å². The highest BCUT2D eigenvalue weighted by Crippen LogP contribution is 2.43. The number of benzene rings is 3. The van der Waals surface area contributed by atoms with E-state index in [0.29, 0.717) is 25.3 Å². The van der Waals surface area contributed by atoms with Crippen molar-refractivity contribution in [2.45, 2.75) is 52.0 Å². The summed E-state index contributed by atoms with van der Waals surface area (Å²) in [6.45, 7) is 2.66. The van der Waals surface area contributed by atoms with Crippen LogP contribution in [0.5, 0.6) is 5.75 Å². The third kappa shape index (κ3) is 6.85. The molecule has 0 aliphatic rings. The number of amides is 1. The Kier molecular flexibility index (Phi) is 9.36. The molecule has 1 aromatic heterocycles. The van der Waals surface area contributed by atoms with Crippen LogP contribution >= 0.6 is 0 Å². The molecule has 0 fully saturated rings. The van der Waals surface area contributed by atoms with Crippen LogP contribution < -0.4 is 9.64 Å². The first-order valence-electron chi connectivity index (χ1n) is 13.4. The lowest BCUT2D eigenvalue weighted by molar-refractivity contribution is -0.137. The Balaban J connectivity index is 1.79. The van der Waals surface area contributed by atoms with Gasteiger partial charge >= 0.3 is 5.97 Å². The predicted molar refractivity (Wildman–Crippen MR) is 153 cm³/mol. The summed E-state index contributed by atoms with van der Waals surface area (Å²) in [5.41, 5.74) is 4.51. The minimum Gasteiger partial charge on any atom is -0.497 e. The molecule has 1 N–H and O–H groups in total. The van der Waals surface area contributed by atoms with E-state index in [1.807, 2.05) is 41.3 Å². The summed E-state index contributed by atoms with van der Waals surface area (Å²) in [6, 6.07) is 22.4. The van der Waals surface area contributed by atoms with Crippen molar-refractivity contribution in [2.75, 3.05) is 18.6 Å². The number of carbonyl (C=O) groups is 2. The Bertz CT molecular complexity index is 1410. The Morgan fingerprint density at radius 1 is 0.923 bits per heavy atom. The maximum absolute atomic E-state index is 14.0. The van der Waals surface area contributed by atoms with Gasteiger partial charge in [0.25, 0.3) is 0 Å². The fraction of sp³-hybridized carbons (Fsp3) is 0.312. The molecule has 1 amide bonds. The number of fused-ring (bicyclic) bond motifs is 1. The molecule has 6 nitrogen and oxygen atoms in total. The van der Waals surface area contributed by atoms with Gasteiger partial charge in [0.2, 0.25) is 5.91 Å². The standard InChI is InChI=1S/C32H35FN2O4/c1-23(36)34(20-10-5-3-4-9-13-30(37)38)32-28-21-27(39-2)18-19-29(28)35(22-24-11-7-6-8-12-24)31(32)25-14-16-26(33)17-15-25/h6-8,11-12,14-19,21H,3-5,9-10,13,20,22H2,1-2H3,(H,37,38). The number of aliphatic carboxylic acids is 1. The lowest BCUT2D eigenvalue weighted by atomic mass is 10.1. The van der Waals surface area contributed by atoms with E-state index in [-0.39, 0.29) is 18.1 Å². The van der Waals surface area contributed by atoms with Crippen molar-refractivity contribution in [2.24, 2.45) is 0 Å². The number of anilines is 1. The molecule has 0 aliphatic heterocycles. The van der Waals surface area contributed by atoms with Crippen molar-refractivity contribution in [3.05, 3.63) is 84.2 Å². The number of halogens is 1. The summed E-state index contributed by atoms with van der Waals surface area (Å²) in [5, 5.41) is 9.74. The molecule has 0 saturated carbocycles. The second kappa shape index (κ2) is 13.1. The number of hydrogen-bond acceptors (Lipinski definition) is 3. The molecule has 0 atom stereocenters. The molecule has 1 heterocycles. The molecule has 0 aliphatic carbocycles. The monoisotopic (exact) mass is 530 g/mol. The zero-order valence-electron chi connectivity index (χ0n) is 22.5. The summed E-state index contributed by atoms with van der Waals surface area (Å²) < 4.78 is 21.7. The number of carboxylic acids is 1. The van der Waals surface area contributed by atoms with Gasteiger partial charge in [0.15, 0.2) is 0 Å². The number of carboxylic acid groups (broad SMARTS) is 1. The SMILES string of the molecule is COc1ccc2c(c1)c(N(CCCCCCCC(=O)O)C(C)=O)c(-c1ccc(F)cc1)n2Cc1ccccc1.